The monoisotopic (exact) mass is 313 g/mol. The Morgan fingerprint density at radius 2 is 1.87 bits per heavy atom. The molecule has 23 heavy (non-hydrogen) atoms. The smallest absolute Gasteiger partial charge is 0.325 e. The van der Waals surface area contributed by atoms with Crippen molar-refractivity contribution in [2.45, 2.75) is 6.61 Å². The summed E-state index contributed by atoms with van der Waals surface area (Å²) in [6.07, 6.45) is 2.70. The SMILES string of the molecule is O=C(C=Cc1cccc(F)c1)NCC(=O)OCc1ccccc1. The minimum absolute atomic E-state index is 0.161. The van der Waals surface area contributed by atoms with Crippen LogP contribution in [-0.4, -0.2) is 18.4 Å². The summed E-state index contributed by atoms with van der Waals surface area (Å²) in [5, 5.41) is 2.41. The molecular formula is C18H16FNO3. The lowest BCUT2D eigenvalue weighted by atomic mass is 10.2. The van der Waals surface area contributed by atoms with Gasteiger partial charge in [0, 0.05) is 6.08 Å². The van der Waals surface area contributed by atoms with Gasteiger partial charge in [0.25, 0.3) is 0 Å². The Morgan fingerprint density at radius 1 is 1.09 bits per heavy atom. The van der Waals surface area contributed by atoms with E-state index in [1.807, 2.05) is 30.3 Å². The number of nitrogens with one attached hydrogen (secondary N) is 1. The van der Waals surface area contributed by atoms with E-state index in [4.69, 9.17) is 4.74 Å². The lowest BCUT2D eigenvalue weighted by molar-refractivity contribution is -0.144. The molecule has 0 bridgehead atoms. The Bertz CT molecular complexity index is 698. The molecule has 0 aliphatic heterocycles. The minimum atomic E-state index is -0.527. The normalized spacial score (nSPS) is 10.5. The topological polar surface area (TPSA) is 55.4 Å². The van der Waals surface area contributed by atoms with Crippen molar-refractivity contribution in [3.8, 4) is 0 Å². The van der Waals surface area contributed by atoms with Crippen molar-refractivity contribution in [1.82, 2.24) is 5.32 Å². The maximum absolute atomic E-state index is 13.0. The van der Waals surface area contributed by atoms with Gasteiger partial charge in [-0.25, -0.2) is 4.39 Å². The van der Waals surface area contributed by atoms with Gasteiger partial charge in [0.1, 0.15) is 19.0 Å². The van der Waals surface area contributed by atoms with Crippen molar-refractivity contribution in [2.24, 2.45) is 0 Å². The summed E-state index contributed by atoms with van der Waals surface area (Å²) in [7, 11) is 0. The molecular weight excluding hydrogens is 297 g/mol. The Kier molecular flexibility index (Phi) is 6.06. The van der Waals surface area contributed by atoms with Gasteiger partial charge in [0.05, 0.1) is 0 Å². The Balaban J connectivity index is 1.72. The summed E-state index contributed by atoms with van der Waals surface area (Å²) in [6.45, 7) is -0.0617. The number of hydrogen-bond acceptors (Lipinski definition) is 3. The second-order valence-corrected chi connectivity index (χ2v) is 4.75. The van der Waals surface area contributed by atoms with Crippen LogP contribution in [0.25, 0.3) is 6.08 Å². The highest BCUT2D eigenvalue weighted by Gasteiger charge is 2.05. The third-order valence-corrected chi connectivity index (χ3v) is 2.93. The van der Waals surface area contributed by atoms with Crippen molar-refractivity contribution >= 4 is 18.0 Å². The number of halogens is 1. The Hall–Kier alpha value is -2.95. The van der Waals surface area contributed by atoms with Crippen LogP contribution in [0.1, 0.15) is 11.1 Å². The minimum Gasteiger partial charge on any atom is -0.460 e. The van der Waals surface area contributed by atoms with Crippen LogP contribution in [0.3, 0.4) is 0 Å². The van der Waals surface area contributed by atoms with Crippen LogP contribution in [-0.2, 0) is 20.9 Å². The van der Waals surface area contributed by atoms with Gasteiger partial charge < -0.3 is 10.1 Å². The number of ether oxygens (including phenoxy) is 1. The van der Waals surface area contributed by atoms with E-state index in [1.165, 1.54) is 24.3 Å². The predicted octanol–water partition coefficient (Wildman–Crippen LogP) is 2.70. The van der Waals surface area contributed by atoms with Gasteiger partial charge >= 0.3 is 5.97 Å². The third kappa shape index (κ3) is 6.13. The molecule has 0 aliphatic carbocycles. The van der Waals surface area contributed by atoms with Crippen LogP contribution in [0.15, 0.2) is 60.7 Å². The molecule has 2 rings (SSSR count). The van der Waals surface area contributed by atoms with E-state index < -0.39 is 11.9 Å². The maximum atomic E-state index is 13.0. The number of benzene rings is 2. The maximum Gasteiger partial charge on any atom is 0.325 e. The molecule has 0 radical (unpaired) electrons. The van der Waals surface area contributed by atoms with Crippen molar-refractivity contribution in [1.29, 1.82) is 0 Å². The van der Waals surface area contributed by atoms with Gasteiger partial charge in [-0.1, -0.05) is 42.5 Å². The van der Waals surface area contributed by atoms with Crippen LogP contribution in [0, 0.1) is 5.82 Å². The number of esters is 1. The van der Waals surface area contributed by atoms with E-state index in [0.29, 0.717) is 5.56 Å². The second-order valence-electron chi connectivity index (χ2n) is 4.75. The lowest BCUT2D eigenvalue weighted by Crippen LogP contribution is -2.29. The first-order chi connectivity index (χ1) is 11.1. The van der Waals surface area contributed by atoms with Crippen molar-refractivity contribution in [3.63, 3.8) is 0 Å². The predicted molar refractivity (Wildman–Crippen MR) is 84.7 cm³/mol. The molecule has 0 heterocycles. The van der Waals surface area contributed by atoms with Crippen LogP contribution >= 0.6 is 0 Å². The van der Waals surface area contributed by atoms with Gasteiger partial charge in [-0.2, -0.15) is 0 Å². The third-order valence-electron chi connectivity index (χ3n) is 2.93. The molecule has 0 saturated heterocycles. The van der Waals surface area contributed by atoms with E-state index >= 15 is 0 Å². The average Bonchev–Trinajstić information content (AvgIpc) is 2.57. The summed E-state index contributed by atoms with van der Waals surface area (Å²) < 4.78 is 18.0. The Labute approximate surface area is 133 Å². The fourth-order valence-corrected chi connectivity index (χ4v) is 1.79. The molecule has 118 valence electrons. The van der Waals surface area contributed by atoms with Crippen LogP contribution in [0.5, 0.6) is 0 Å². The lowest BCUT2D eigenvalue weighted by Gasteiger charge is -2.05. The number of amides is 1. The molecule has 1 N–H and O–H groups in total. The zero-order valence-corrected chi connectivity index (χ0v) is 12.4. The van der Waals surface area contributed by atoms with E-state index in [1.54, 1.807) is 12.1 Å². The summed E-state index contributed by atoms with van der Waals surface area (Å²) in [5.41, 5.74) is 1.44. The van der Waals surface area contributed by atoms with Crippen LogP contribution < -0.4 is 5.32 Å². The highest BCUT2D eigenvalue weighted by atomic mass is 19.1. The van der Waals surface area contributed by atoms with Gasteiger partial charge in [0.2, 0.25) is 5.91 Å². The summed E-state index contributed by atoms with van der Waals surface area (Å²) in [5.74, 6) is -1.36. The second kappa shape index (κ2) is 8.48. The molecule has 0 atom stereocenters. The Morgan fingerprint density at radius 3 is 2.61 bits per heavy atom. The van der Waals surface area contributed by atoms with Gasteiger partial charge in [0.15, 0.2) is 0 Å². The van der Waals surface area contributed by atoms with Crippen molar-refractivity contribution in [2.75, 3.05) is 6.54 Å². The molecule has 0 aliphatic rings. The largest absolute Gasteiger partial charge is 0.460 e. The molecule has 0 spiro atoms. The van der Waals surface area contributed by atoms with Crippen LogP contribution in [0.4, 0.5) is 4.39 Å². The average molecular weight is 313 g/mol. The summed E-state index contributed by atoms with van der Waals surface area (Å²) >= 11 is 0. The standard InChI is InChI=1S/C18H16FNO3/c19-16-8-4-7-14(11-16)9-10-17(21)20-12-18(22)23-13-15-5-2-1-3-6-15/h1-11H,12-13H2,(H,20,21). The molecule has 0 unspecified atom stereocenters. The fraction of sp³-hybridized carbons (Fsp3) is 0.111. The van der Waals surface area contributed by atoms with Gasteiger partial charge in [-0.15, -0.1) is 0 Å². The van der Waals surface area contributed by atoms with E-state index in [0.717, 1.165) is 5.56 Å². The van der Waals surface area contributed by atoms with Crippen molar-refractivity contribution in [3.05, 3.63) is 77.6 Å². The molecule has 4 nitrogen and oxygen atoms in total. The quantitative estimate of drug-likeness (QED) is 0.659. The first-order valence-electron chi connectivity index (χ1n) is 7.04. The molecule has 0 fully saturated rings. The van der Waals surface area contributed by atoms with Gasteiger partial charge in [-0.05, 0) is 29.3 Å². The van der Waals surface area contributed by atoms with E-state index in [2.05, 4.69) is 5.32 Å². The van der Waals surface area contributed by atoms with Crippen LogP contribution in [0.2, 0.25) is 0 Å². The number of rotatable bonds is 6. The number of carbonyl (C=O) groups is 2. The summed E-state index contributed by atoms with van der Waals surface area (Å²) in [4.78, 5) is 23.1. The summed E-state index contributed by atoms with van der Waals surface area (Å²) in [6, 6.07) is 15.1. The fourth-order valence-electron chi connectivity index (χ4n) is 1.79. The van der Waals surface area contributed by atoms with Crippen molar-refractivity contribution < 1.29 is 18.7 Å². The molecule has 5 heteroatoms. The molecule has 1 amide bonds. The number of carbonyl (C=O) groups excluding carboxylic acids is 2. The highest BCUT2D eigenvalue weighted by Crippen LogP contribution is 2.05. The highest BCUT2D eigenvalue weighted by molar-refractivity contribution is 5.93. The van der Waals surface area contributed by atoms with Gasteiger partial charge in [-0.3, -0.25) is 9.59 Å². The molecule has 0 aromatic heterocycles. The zero-order chi connectivity index (χ0) is 16.5. The molecule has 2 aromatic carbocycles. The first-order valence-corrected chi connectivity index (χ1v) is 7.04. The molecule has 2 aromatic rings. The first kappa shape index (κ1) is 16.4. The van der Waals surface area contributed by atoms with E-state index in [-0.39, 0.29) is 19.0 Å². The zero-order valence-electron chi connectivity index (χ0n) is 12.4. The molecule has 0 saturated carbocycles. The number of hydrogen-bond donors (Lipinski definition) is 1. The van der Waals surface area contributed by atoms with E-state index in [9.17, 15) is 14.0 Å².